The minimum atomic E-state index is -2.99. The summed E-state index contributed by atoms with van der Waals surface area (Å²) in [6.07, 6.45) is 3.52. The van der Waals surface area contributed by atoms with E-state index in [1.807, 2.05) is 7.05 Å². The van der Waals surface area contributed by atoms with Gasteiger partial charge in [0.05, 0.1) is 0 Å². The van der Waals surface area contributed by atoms with Crippen molar-refractivity contribution < 1.29 is 8.42 Å². The highest BCUT2D eigenvalue weighted by Crippen LogP contribution is 2.30. The Hall–Kier alpha value is 0.220. The van der Waals surface area contributed by atoms with Gasteiger partial charge in [-0.25, -0.2) is 8.42 Å². The lowest BCUT2D eigenvalue weighted by Gasteiger charge is -2.42. The third-order valence-electron chi connectivity index (χ3n) is 4.28. The van der Waals surface area contributed by atoms with Crippen LogP contribution in [0.2, 0.25) is 0 Å². The number of hydrogen-bond donors (Lipinski definition) is 1. The second-order valence-electron chi connectivity index (χ2n) is 5.57. The Kier molecular flexibility index (Phi) is 6.63. The van der Waals surface area contributed by atoms with Crippen LogP contribution in [0.15, 0.2) is 0 Å². The summed E-state index contributed by atoms with van der Waals surface area (Å²) in [5.41, 5.74) is 0.180. The summed E-state index contributed by atoms with van der Waals surface area (Å²) < 4.78 is 23.9. The Labute approximate surface area is 122 Å². The van der Waals surface area contributed by atoms with Crippen LogP contribution in [0.4, 0.5) is 0 Å². The second kappa shape index (κ2) is 7.29. The molecule has 1 heterocycles. The Morgan fingerprint density at radius 2 is 2.00 bits per heavy atom. The van der Waals surface area contributed by atoms with Gasteiger partial charge in [-0.2, -0.15) is 11.8 Å². The van der Waals surface area contributed by atoms with Gasteiger partial charge in [0.1, 0.15) is 5.37 Å². The molecule has 114 valence electrons. The quantitative estimate of drug-likeness (QED) is 0.771. The third kappa shape index (κ3) is 4.62. The first-order chi connectivity index (χ1) is 8.88. The average molecular weight is 309 g/mol. The SMILES string of the molecule is CCC(CC)(CNC)CN1CCSCC1S(C)(=O)=O. The maximum Gasteiger partial charge on any atom is 0.164 e. The van der Waals surface area contributed by atoms with E-state index >= 15 is 0 Å². The van der Waals surface area contributed by atoms with Gasteiger partial charge >= 0.3 is 0 Å². The number of rotatable bonds is 7. The van der Waals surface area contributed by atoms with Gasteiger partial charge in [0, 0.05) is 37.4 Å². The molecule has 0 aliphatic carbocycles. The zero-order chi connectivity index (χ0) is 14.5. The average Bonchev–Trinajstić information content (AvgIpc) is 2.37. The van der Waals surface area contributed by atoms with Crippen LogP contribution in [0.1, 0.15) is 26.7 Å². The van der Waals surface area contributed by atoms with Crippen molar-refractivity contribution in [3.63, 3.8) is 0 Å². The highest BCUT2D eigenvalue weighted by atomic mass is 32.2. The predicted octanol–water partition coefficient (Wildman–Crippen LogP) is 1.43. The Bertz CT molecular complexity index is 367. The topological polar surface area (TPSA) is 49.4 Å². The molecule has 0 saturated carbocycles. The molecule has 0 aromatic rings. The number of nitrogens with one attached hydrogen (secondary N) is 1. The largest absolute Gasteiger partial charge is 0.319 e. The van der Waals surface area contributed by atoms with Gasteiger partial charge in [-0.05, 0) is 25.3 Å². The predicted molar refractivity (Wildman–Crippen MR) is 84.5 cm³/mol. The van der Waals surface area contributed by atoms with E-state index in [2.05, 4.69) is 24.1 Å². The fraction of sp³-hybridized carbons (Fsp3) is 1.00. The van der Waals surface area contributed by atoms with Crippen molar-refractivity contribution in [1.82, 2.24) is 10.2 Å². The van der Waals surface area contributed by atoms with Crippen LogP contribution in [0.25, 0.3) is 0 Å². The molecule has 1 rings (SSSR count). The summed E-state index contributed by atoms with van der Waals surface area (Å²) in [4.78, 5) is 2.19. The summed E-state index contributed by atoms with van der Waals surface area (Å²) in [6, 6.07) is 0. The van der Waals surface area contributed by atoms with Gasteiger partial charge < -0.3 is 5.32 Å². The molecular weight excluding hydrogens is 280 g/mol. The lowest BCUT2D eigenvalue weighted by Crippen LogP contribution is -2.52. The van der Waals surface area contributed by atoms with Crippen LogP contribution in [-0.4, -0.2) is 63.1 Å². The molecule has 1 aliphatic heterocycles. The monoisotopic (exact) mass is 308 g/mol. The van der Waals surface area contributed by atoms with E-state index in [9.17, 15) is 8.42 Å². The normalized spacial score (nSPS) is 22.6. The number of hydrogen-bond acceptors (Lipinski definition) is 5. The lowest BCUT2D eigenvalue weighted by atomic mass is 9.81. The maximum absolute atomic E-state index is 11.9. The van der Waals surface area contributed by atoms with E-state index in [0.717, 1.165) is 38.2 Å². The summed E-state index contributed by atoms with van der Waals surface area (Å²) in [6.45, 7) is 7.11. The van der Waals surface area contributed by atoms with Gasteiger partial charge in [-0.3, -0.25) is 4.90 Å². The molecule has 0 bridgehead atoms. The molecule has 0 amide bonds. The van der Waals surface area contributed by atoms with E-state index in [1.54, 1.807) is 11.8 Å². The van der Waals surface area contributed by atoms with E-state index in [4.69, 9.17) is 0 Å². The van der Waals surface area contributed by atoms with Crippen molar-refractivity contribution in [2.45, 2.75) is 32.1 Å². The van der Waals surface area contributed by atoms with Crippen molar-refractivity contribution in [3.8, 4) is 0 Å². The van der Waals surface area contributed by atoms with E-state index in [0.29, 0.717) is 5.75 Å². The van der Waals surface area contributed by atoms with E-state index in [-0.39, 0.29) is 10.8 Å². The molecule has 0 aromatic heterocycles. The summed E-state index contributed by atoms with van der Waals surface area (Å²) in [5, 5.41) is 2.97. The molecule has 0 spiro atoms. The van der Waals surface area contributed by atoms with Crippen molar-refractivity contribution in [1.29, 1.82) is 0 Å². The Morgan fingerprint density at radius 1 is 1.37 bits per heavy atom. The highest BCUT2D eigenvalue weighted by molar-refractivity contribution is 8.00. The van der Waals surface area contributed by atoms with Crippen LogP contribution in [-0.2, 0) is 9.84 Å². The number of sulfone groups is 1. The Morgan fingerprint density at radius 3 is 2.47 bits per heavy atom. The van der Waals surface area contributed by atoms with Gasteiger partial charge in [-0.1, -0.05) is 13.8 Å². The van der Waals surface area contributed by atoms with E-state index in [1.165, 1.54) is 6.26 Å². The minimum absolute atomic E-state index is 0.180. The van der Waals surface area contributed by atoms with Gasteiger partial charge in [-0.15, -0.1) is 0 Å². The fourth-order valence-electron chi connectivity index (χ4n) is 2.78. The molecule has 0 aromatic carbocycles. The van der Waals surface area contributed by atoms with E-state index < -0.39 is 9.84 Å². The van der Waals surface area contributed by atoms with Crippen LogP contribution in [0.3, 0.4) is 0 Å². The van der Waals surface area contributed by atoms with Crippen LogP contribution >= 0.6 is 11.8 Å². The summed E-state index contributed by atoms with van der Waals surface area (Å²) in [7, 11) is -1.02. The Balaban J connectivity index is 2.86. The molecule has 19 heavy (non-hydrogen) atoms. The van der Waals surface area contributed by atoms with Crippen LogP contribution in [0, 0.1) is 5.41 Å². The van der Waals surface area contributed by atoms with Gasteiger partial charge in [0.2, 0.25) is 0 Å². The van der Waals surface area contributed by atoms with Gasteiger partial charge in [0.25, 0.3) is 0 Å². The molecule has 1 N–H and O–H groups in total. The molecule has 1 atom stereocenters. The molecule has 1 saturated heterocycles. The summed E-state index contributed by atoms with van der Waals surface area (Å²) in [5.74, 6) is 1.75. The fourth-order valence-corrected chi connectivity index (χ4v) is 5.72. The first kappa shape index (κ1) is 17.3. The smallest absolute Gasteiger partial charge is 0.164 e. The summed E-state index contributed by atoms with van der Waals surface area (Å²) >= 11 is 1.75. The van der Waals surface area contributed by atoms with Crippen molar-refractivity contribution in [2.24, 2.45) is 5.41 Å². The van der Waals surface area contributed by atoms with Crippen LogP contribution < -0.4 is 5.32 Å². The van der Waals surface area contributed by atoms with Crippen molar-refractivity contribution in [3.05, 3.63) is 0 Å². The molecular formula is C13H28N2O2S2. The zero-order valence-corrected chi connectivity index (χ0v) is 14.2. The minimum Gasteiger partial charge on any atom is -0.319 e. The molecule has 1 fully saturated rings. The van der Waals surface area contributed by atoms with Gasteiger partial charge in [0.15, 0.2) is 9.84 Å². The standard InChI is InChI=1S/C13H28N2O2S2/c1-5-13(6-2,10-14-3)11-15-7-8-18-9-12(15)19(4,16)17/h12,14H,5-11H2,1-4H3. The molecule has 0 radical (unpaired) electrons. The first-order valence-electron chi connectivity index (χ1n) is 7.04. The third-order valence-corrected chi connectivity index (χ3v) is 6.96. The maximum atomic E-state index is 11.9. The number of thioether (sulfide) groups is 1. The lowest BCUT2D eigenvalue weighted by molar-refractivity contribution is 0.133. The first-order valence-corrected chi connectivity index (χ1v) is 10.1. The van der Waals surface area contributed by atoms with Crippen molar-refractivity contribution in [2.75, 3.05) is 44.4 Å². The molecule has 1 unspecified atom stereocenters. The zero-order valence-electron chi connectivity index (χ0n) is 12.6. The highest BCUT2D eigenvalue weighted by Gasteiger charge is 2.36. The number of nitrogens with zero attached hydrogens (tertiary/aromatic N) is 1. The van der Waals surface area contributed by atoms with Crippen LogP contribution in [0.5, 0.6) is 0 Å². The second-order valence-corrected chi connectivity index (χ2v) is 8.92. The molecule has 4 nitrogen and oxygen atoms in total. The molecule has 1 aliphatic rings. The van der Waals surface area contributed by atoms with Crippen molar-refractivity contribution >= 4 is 21.6 Å². The molecule has 6 heteroatoms.